The van der Waals surface area contributed by atoms with Crippen molar-refractivity contribution >= 4 is 5.91 Å². The Hall–Kier alpha value is -1.50. The molecule has 6 nitrogen and oxygen atoms in total. The van der Waals surface area contributed by atoms with Crippen molar-refractivity contribution < 1.29 is 14.3 Å². The average Bonchev–Trinajstić information content (AvgIpc) is 3.25. The molecule has 0 bridgehead atoms. The van der Waals surface area contributed by atoms with E-state index in [1.807, 2.05) is 18.5 Å². The zero-order valence-electron chi connectivity index (χ0n) is 15.9. The van der Waals surface area contributed by atoms with Gasteiger partial charge in [-0.3, -0.25) is 14.7 Å². The fourth-order valence-corrected chi connectivity index (χ4v) is 5.29. The Kier molecular flexibility index (Phi) is 4.66. The third kappa shape index (κ3) is 3.50. The lowest BCUT2D eigenvalue weighted by atomic mass is 9.78. The summed E-state index contributed by atoms with van der Waals surface area (Å²) in [6, 6.07) is 4.14. The van der Waals surface area contributed by atoms with Crippen molar-refractivity contribution in [2.75, 3.05) is 52.6 Å². The number of rotatable bonds is 3. The molecule has 1 unspecified atom stereocenters. The Morgan fingerprint density at radius 2 is 2.00 bits per heavy atom. The summed E-state index contributed by atoms with van der Waals surface area (Å²) in [7, 11) is 0. The van der Waals surface area contributed by atoms with E-state index in [0.29, 0.717) is 17.7 Å². The molecule has 1 saturated carbocycles. The van der Waals surface area contributed by atoms with E-state index in [4.69, 9.17) is 9.47 Å². The minimum atomic E-state index is 0.179. The zero-order chi connectivity index (χ0) is 18.3. The number of nitrogens with zero attached hydrogens (tertiary/aromatic N) is 3. The van der Waals surface area contributed by atoms with Crippen LogP contribution in [0.1, 0.15) is 18.4 Å². The highest BCUT2D eigenvalue weighted by Gasteiger charge is 2.59. The normalized spacial score (nSPS) is 32.9. The molecule has 4 heterocycles. The van der Waals surface area contributed by atoms with Gasteiger partial charge < -0.3 is 14.4 Å². The van der Waals surface area contributed by atoms with E-state index < -0.39 is 0 Å². The van der Waals surface area contributed by atoms with Crippen molar-refractivity contribution in [3.05, 3.63) is 30.1 Å². The van der Waals surface area contributed by atoms with E-state index >= 15 is 0 Å². The smallest absolute Gasteiger partial charge is 0.226 e. The molecule has 5 rings (SSSR count). The van der Waals surface area contributed by atoms with E-state index in [2.05, 4.69) is 20.9 Å². The van der Waals surface area contributed by atoms with Gasteiger partial charge in [0.1, 0.15) is 0 Å². The van der Waals surface area contributed by atoms with E-state index in [-0.39, 0.29) is 11.3 Å². The lowest BCUT2D eigenvalue weighted by Crippen LogP contribution is -2.49. The van der Waals surface area contributed by atoms with Crippen LogP contribution in [-0.4, -0.2) is 73.3 Å². The fraction of sp³-hybridized carbons (Fsp3) is 0.714. The Bertz CT molecular complexity index is 665. The Morgan fingerprint density at radius 3 is 2.74 bits per heavy atom. The number of likely N-dealkylation sites (tertiary alicyclic amines) is 1. The molecule has 3 atom stereocenters. The van der Waals surface area contributed by atoms with Crippen molar-refractivity contribution in [3.8, 4) is 0 Å². The van der Waals surface area contributed by atoms with Gasteiger partial charge in [0.05, 0.1) is 26.4 Å². The van der Waals surface area contributed by atoms with Crippen molar-refractivity contribution in [2.45, 2.75) is 19.4 Å². The van der Waals surface area contributed by atoms with E-state index in [0.717, 1.165) is 72.0 Å². The Balaban J connectivity index is 1.19. The van der Waals surface area contributed by atoms with Crippen LogP contribution in [0.3, 0.4) is 0 Å². The molecule has 6 heteroatoms. The standard InChI is InChI=1S/C21H29N3O3/c25-20(19-17-12-27-13-18(17)19)24-6-3-21(4-7-24)14-23(8-9-26-15-21)11-16-2-1-5-22-10-16/h1-2,5,10,17-19H,3-4,6-9,11-15H2/t17-,18+,19?. The summed E-state index contributed by atoms with van der Waals surface area (Å²) < 4.78 is 11.4. The summed E-state index contributed by atoms with van der Waals surface area (Å²) >= 11 is 0. The second-order valence-electron chi connectivity index (χ2n) is 8.84. The Morgan fingerprint density at radius 1 is 1.19 bits per heavy atom. The van der Waals surface area contributed by atoms with Crippen LogP contribution >= 0.6 is 0 Å². The van der Waals surface area contributed by atoms with Crippen molar-refractivity contribution in [1.82, 2.24) is 14.8 Å². The number of ether oxygens (including phenoxy) is 2. The van der Waals surface area contributed by atoms with Crippen LogP contribution < -0.4 is 0 Å². The van der Waals surface area contributed by atoms with Gasteiger partial charge >= 0.3 is 0 Å². The maximum absolute atomic E-state index is 12.8. The highest BCUT2D eigenvalue weighted by Crippen LogP contribution is 2.52. The van der Waals surface area contributed by atoms with Crippen molar-refractivity contribution in [2.24, 2.45) is 23.2 Å². The first-order valence-electron chi connectivity index (χ1n) is 10.3. The quantitative estimate of drug-likeness (QED) is 0.804. The number of hydrogen-bond acceptors (Lipinski definition) is 5. The van der Waals surface area contributed by atoms with E-state index in [1.54, 1.807) is 0 Å². The van der Waals surface area contributed by atoms with Gasteiger partial charge in [-0.05, 0) is 36.3 Å². The molecule has 1 spiro atoms. The molecule has 1 aliphatic carbocycles. The van der Waals surface area contributed by atoms with Crippen LogP contribution in [-0.2, 0) is 20.8 Å². The first-order valence-corrected chi connectivity index (χ1v) is 10.3. The van der Waals surface area contributed by atoms with Gasteiger partial charge in [0, 0.05) is 56.5 Å². The van der Waals surface area contributed by atoms with Crippen LogP contribution in [0.25, 0.3) is 0 Å². The van der Waals surface area contributed by atoms with Crippen LogP contribution in [0.5, 0.6) is 0 Å². The third-order valence-corrected chi connectivity index (χ3v) is 7.02. The number of fused-ring (bicyclic) bond motifs is 1. The number of hydrogen-bond donors (Lipinski definition) is 0. The molecule has 4 aliphatic rings. The topological polar surface area (TPSA) is 54.9 Å². The highest BCUT2D eigenvalue weighted by molar-refractivity contribution is 5.82. The van der Waals surface area contributed by atoms with Gasteiger partial charge in [0.25, 0.3) is 0 Å². The zero-order valence-corrected chi connectivity index (χ0v) is 15.9. The number of carbonyl (C=O) groups is 1. The first kappa shape index (κ1) is 17.6. The number of amides is 1. The van der Waals surface area contributed by atoms with Gasteiger partial charge in [-0.1, -0.05) is 6.07 Å². The highest BCUT2D eigenvalue weighted by atomic mass is 16.5. The summed E-state index contributed by atoms with van der Waals surface area (Å²) in [6.45, 7) is 7.87. The lowest BCUT2D eigenvalue weighted by Gasteiger charge is -2.43. The van der Waals surface area contributed by atoms with Crippen LogP contribution in [0.15, 0.2) is 24.5 Å². The number of aromatic nitrogens is 1. The second kappa shape index (κ2) is 7.15. The fourth-order valence-electron chi connectivity index (χ4n) is 5.29. The monoisotopic (exact) mass is 371 g/mol. The molecular formula is C21H29N3O3. The molecule has 1 aromatic heterocycles. The number of piperidine rings is 1. The minimum absolute atomic E-state index is 0.179. The number of carbonyl (C=O) groups excluding carboxylic acids is 1. The summed E-state index contributed by atoms with van der Waals surface area (Å²) in [6.07, 6.45) is 5.86. The van der Waals surface area contributed by atoms with Crippen LogP contribution in [0, 0.1) is 23.2 Å². The molecule has 146 valence electrons. The summed E-state index contributed by atoms with van der Waals surface area (Å²) in [5.41, 5.74) is 1.43. The summed E-state index contributed by atoms with van der Waals surface area (Å²) in [5, 5.41) is 0. The first-order chi connectivity index (χ1) is 13.2. The molecule has 1 aromatic rings. The van der Waals surface area contributed by atoms with Gasteiger partial charge in [-0.15, -0.1) is 0 Å². The van der Waals surface area contributed by atoms with E-state index in [9.17, 15) is 4.79 Å². The summed E-state index contributed by atoms with van der Waals surface area (Å²) in [5.74, 6) is 1.64. The maximum Gasteiger partial charge on any atom is 0.226 e. The molecule has 0 N–H and O–H groups in total. The van der Waals surface area contributed by atoms with Crippen LogP contribution in [0.4, 0.5) is 0 Å². The molecule has 27 heavy (non-hydrogen) atoms. The van der Waals surface area contributed by atoms with Gasteiger partial charge in [-0.25, -0.2) is 0 Å². The van der Waals surface area contributed by atoms with Gasteiger partial charge in [-0.2, -0.15) is 0 Å². The molecule has 3 saturated heterocycles. The minimum Gasteiger partial charge on any atom is -0.381 e. The van der Waals surface area contributed by atoms with E-state index in [1.165, 1.54) is 5.56 Å². The number of pyridine rings is 1. The average molecular weight is 371 g/mol. The lowest BCUT2D eigenvalue weighted by molar-refractivity contribution is -0.137. The van der Waals surface area contributed by atoms with Crippen molar-refractivity contribution in [3.63, 3.8) is 0 Å². The molecule has 0 radical (unpaired) electrons. The second-order valence-corrected chi connectivity index (χ2v) is 8.84. The SMILES string of the molecule is O=C(C1[C@H]2COC[C@@H]12)N1CCC2(CC1)COCCN(Cc1cccnc1)C2. The molecule has 4 fully saturated rings. The Labute approximate surface area is 160 Å². The van der Waals surface area contributed by atoms with Gasteiger partial charge in [0.2, 0.25) is 5.91 Å². The van der Waals surface area contributed by atoms with Crippen LogP contribution in [0.2, 0.25) is 0 Å². The molecule has 1 amide bonds. The molecular weight excluding hydrogens is 342 g/mol. The van der Waals surface area contributed by atoms with Crippen molar-refractivity contribution in [1.29, 1.82) is 0 Å². The molecule has 3 aliphatic heterocycles. The largest absolute Gasteiger partial charge is 0.381 e. The predicted octanol–water partition coefficient (Wildman–Crippen LogP) is 1.42. The molecule has 0 aromatic carbocycles. The van der Waals surface area contributed by atoms with Gasteiger partial charge in [0.15, 0.2) is 0 Å². The third-order valence-electron chi connectivity index (χ3n) is 7.02. The maximum atomic E-state index is 12.8. The predicted molar refractivity (Wildman–Crippen MR) is 99.9 cm³/mol. The summed E-state index contributed by atoms with van der Waals surface area (Å²) in [4.78, 5) is 21.7.